The van der Waals surface area contributed by atoms with E-state index < -0.39 is 0 Å². The highest BCUT2D eigenvalue weighted by Gasteiger charge is 2.34. The Bertz CT molecular complexity index is 475. The molecule has 0 saturated carbocycles. The van der Waals surface area contributed by atoms with Crippen molar-refractivity contribution in [1.82, 2.24) is 10.2 Å². The van der Waals surface area contributed by atoms with Gasteiger partial charge in [0.25, 0.3) is 5.91 Å². The minimum Gasteiger partial charge on any atom is -0.508 e. The van der Waals surface area contributed by atoms with Gasteiger partial charge in [0.05, 0.1) is 0 Å². The number of carbonyl (C=O) groups is 1. The van der Waals surface area contributed by atoms with Crippen LogP contribution in [0.4, 0.5) is 0 Å². The SMILES string of the molecule is O=C(NC1CN2CCC1CC2)c1cc(O)cc(O)c1. The highest BCUT2D eigenvalue weighted by Crippen LogP contribution is 2.28. The molecule has 1 aromatic carbocycles. The minimum atomic E-state index is -0.232. The summed E-state index contributed by atoms with van der Waals surface area (Å²) in [5.41, 5.74) is 0.300. The summed E-state index contributed by atoms with van der Waals surface area (Å²) in [4.78, 5) is 14.5. The van der Waals surface area contributed by atoms with Crippen LogP contribution in [-0.4, -0.2) is 46.7 Å². The fourth-order valence-electron chi connectivity index (χ4n) is 3.11. The first-order valence-electron chi connectivity index (χ1n) is 6.68. The number of nitrogens with one attached hydrogen (secondary N) is 1. The number of hydrogen-bond acceptors (Lipinski definition) is 4. The number of carbonyl (C=O) groups excluding carboxylic acids is 1. The predicted molar refractivity (Wildman–Crippen MR) is 70.2 cm³/mol. The number of benzene rings is 1. The van der Waals surface area contributed by atoms with Crippen LogP contribution < -0.4 is 5.32 Å². The molecule has 3 fully saturated rings. The molecule has 1 atom stereocenters. The number of fused-ring (bicyclic) bond motifs is 3. The van der Waals surface area contributed by atoms with Gasteiger partial charge in [-0.3, -0.25) is 4.79 Å². The lowest BCUT2D eigenvalue weighted by Gasteiger charge is -2.44. The number of phenolic OH excluding ortho intramolecular Hbond substituents is 2. The maximum Gasteiger partial charge on any atom is 0.251 e. The number of amides is 1. The van der Waals surface area contributed by atoms with E-state index in [1.165, 1.54) is 18.2 Å². The monoisotopic (exact) mass is 262 g/mol. The second-order valence-electron chi connectivity index (χ2n) is 5.46. The lowest BCUT2D eigenvalue weighted by Crippen LogP contribution is -2.57. The van der Waals surface area contributed by atoms with E-state index in [-0.39, 0.29) is 23.4 Å². The highest BCUT2D eigenvalue weighted by atomic mass is 16.3. The van der Waals surface area contributed by atoms with E-state index in [4.69, 9.17) is 0 Å². The summed E-state index contributed by atoms with van der Waals surface area (Å²) < 4.78 is 0. The van der Waals surface area contributed by atoms with Crippen LogP contribution in [0.2, 0.25) is 0 Å². The van der Waals surface area contributed by atoms with Gasteiger partial charge < -0.3 is 20.4 Å². The van der Waals surface area contributed by atoms with Gasteiger partial charge in [-0.15, -0.1) is 0 Å². The largest absolute Gasteiger partial charge is 0.508 e. The van der Waals surface area contributed by atoms with Crippen LogP contribution in [0.5, 0.6) is 11.5 Å². The first kappa shape index (κ1) is 12.3. The second kappa shape index (κ2) is 4.74. The molecule has 0 radical (unpaired) electrons. The molecule has 3 saturated heterocycles. The Balaban J connectivity index is 1.71. The molecule has 3 N–H and O–H groups in total. The molecule has 3 aliphatic rings. The maximum atomic E-state index is 12.1. The van der Waals surface area contributed by atoms with Crippen molar-refractivity contribution in [1.29, 1.82) is 0 Å². The standard InChI is InChI=1S/C14H18N2O3/c17-11-5-10(6-12(18)7-11)14(19)15-13-8-16-3-1-9(13)2-4-16/h5-7,9,13,17-18H,1-4,8H2,(H,15,19). The smallest absolute Gasteiger partial charge is 0.251 e. The molecule has 3 heterocycles. The van der Waals surface area contributed by atoms with Gasteiger partial charge in [0.15, 0.2) is 0 Å². The van der Waals surface area contributed by atoms with Crippen molar-refractivity contribution >= 4 is 5.91 Å². The van der Waals surface area contributed by atoms with Gasteiger partial charge in [0, 0.05) is 24.2 Å². The van der Waals surface area contributed by atoms with Crippen molar-refractivity contribution in [2.45, 2.75) is 18.9 Å². The van der Waals surface area contributed by atoms with Gasteiger partial charge in [0.2, 0.25) is 0 Å². The molecule has 0 spiro atoms. The van der Waals surface area contributed by atoms with E-state index in [0.29, 0.717) is 11.5 Å². The number of piperidine rings is 3. The topological polar surface area (TPSA) is 72.8 Å². The molecule has 0 aromatic heterocycles. The van der Waals surface area contributed by atoms with Crippen molar-refractivity contribution < 1.29 is 15.0 Å². The predicted octanol–water partition coefficient (Wildman–Crippen LogP) is 0.922. The fourth-order valence-corrected chi connectivity index (χ4v) is 3.11. The molecule has 5 heteroatoms. The average molecular weight is 262 g/mol. The summed E-state index contributed by atoms with van der Waals surface area (Å²) in [7, 11) is 0. The molecule has 4 rings (SSSR count). The Morgan fingerprint density at radius 3 is 2.32 bits per heavy atom. The Morgan fingerprint density at radius 1 is 1.16 bits per heavy atom. The van der Waals surface area contributed by atoms with Crippen molar-refractivity contribution in [3.05, 3.63) is 23.8 Å². The second-order valence-corrected chi connectivity index (χ2v) is 5.46. The summed E-state index contributed by atoms with van der Waals surface area (Å²) in [6.07, 6.45) is 2.27. The molecule has 3 aliphatic heterocycles. The van der Waals surface area contributed by atoms with E-state index in [0.717, 1.165) is 32.5 Å². The van der Waals surface area contributed by atoms with Gasteiger partial charge >= 0.3 is 0 Å². The van der Waals surface area contributed by atoms with Crippen molar-refractivity contribution in [3.63, 3.8) is 0 Å². The molecule has 19 heavy (non-hydrogen) atoms. The fraction of sp³-hybridized carbons (Fsp3) is 0.500. The third-order valence-corrected chi connectivity index (χ3v) is 4.14. The Kier molecular flexibility index (Phi) is 3.06. The molecular weight excluding hydrogens is 244 g/mol. The van der Waals surface area contributed by atoms with E-state index in [1.807, 2.05) is 0 Å². The van der Waals surface area contributed by atoms with Crippen LogP contribution in [0.25, 0.3) is 0 Å². The molecule has 102 valence electrons. The molecule has 5 nitrogen and oxygen atoms in total. The molecule has 2 bridgehead atoms. The summed E-state index contributed by atoms with van der Waals surface area (Å²) in [6, 6.07) is 4.14. The van der Waals surface area contributed by atoms with Gasteiger partial charge in [-0.05, 0) is 44.0 Å². The highest BCUT2D eigenvalue weighted by molar-refractivity contribution is 5.95. The zero-order valence-corrected chi connectivity index (χ0v) is 10.7. The number of aromatic hydroxyl groups is 2. The molecular formula is C14H18N2O3. The van der Waals surface area contributed by atoms with Crippen molar-refractivity contribution in [2.24, 2.45) is 5.92 Å². The minimum absolute atomic E-state index is 0.0981. The first-order valence-corrected chi connectivity index (χ1v) is 6.68. The third-order valence-electron chi connectivity index (χ3n) is 4.14. The lowest BCUT2D eigenvalue weighted by molar-refractivity contribution is 0.0620. The zero-order chi connectivity index (χ0) is 13.4. The molecule has 1 aromatic rings. The average Bonchev–Trinajstić information content (AvgIpc) is 2.39. The first-order chi connectivity index (χ1) is 9.11. The van der Waals surface area contributed by atoms with Gasteiger partial charge in [-0.1, -0.05) is 0 Å². The van der Waals surface area contributed by atoms with E-state index in [9.17, 15) is 15.0 Å². The zero-order valence-electron chi connectivity index (χ0n) is 10.7. The number of nitrogens with zero attached hydrogens (tertiary/aromatic N) is 1. The number of phenols is 2. The van der Waals surface area contributed by atoms with Crippen molar-refractivity contribution in [3.8, 4) is 11.5 Å². The third kappa shape index (κ3) is 2.51. The summed E-state index contributed by atoms with van der Waals surface area (Å²) >= 11 is 0. The van der Waals surface area contributed by atoms with E-state index in [1.54, 1.807) is 0 Å². The summed E-state index contributed by atoms with van der Waals surface area (Å²) in [5.74, 6) is 0.128. The van der Waals surface area contributed by atoms with Crippen LogP contribution in [0.1, 0.15) is 23.2 Å². The molecule has 0 aliphatic carbocycles. The Morgan fingerprint density at radius 2 is 1.79 bits per heavy atom. The van der Waals surface area contributed by atoms with Gasteiger partial charge in [-0.2, -0.15) is 0 Å². The summed E-state index contributed by atoms with van der Waals surface area (Å²) in [6.45, 7) is 3.16. The Hall–Kier alpha value is -1.75. The normalized spacial score (nSPS) is 29.2. The molecule has 1 amide bonds. The number of rotatable bonds is 2. The van der Waals surface area contributed by atoms with Crippen LogP contribution in [-0.2, 0) is 0 Å². The van der Waals surface area contributed by atoms with E-state index >= 15 is 0 Å². The maximum absolute atomic E-state index is 12.1. The quantitative estimate of drug-likeness (QED) is 0.741. The summed E-state index contributed by atoms with van der Waals surface area (Å²) in [5, 5.41) is 21.8. The van der Waals surface area contributed by atoms with Crippen LogP contribution in [0.3, 0.4) is 0 Å². The molecule has 1 unspecified atom stereocenters. The van der Waals surface area contributed by atoms with Crippen molar-refractivity contribution in [2.75, 3.05) is 19.6 Å². The van der Waals surface area contributed by atoms with Crippen LogP contribution in [0.15, 0.2) is 18.2 Å². The van der Waals surface area contributed by atoms with Gasteiger partial charge in [0.1, 0.15) is 11.5 Å². The lowest BCUT2D eigenvalue weighted by atomic mass is 9.84. The van der Waals surface area contributed by atoms with E-state index in [2.05, 4.69) is 10.2 Å². The Labute approximate surface area is 111 Å². The van der Waals surface area contributed by atoms with Crippen LogP contribution in [0, 0.1) is 5.92 Å². The number of hydrogen-bond donors (Lipinski definition) is 3. The van der Waals surface area contributed by atoms with Crippen LogP contribution >= 0.6 is 0 Å². The van der Waals surface area contributed by atoms with Gasteiger partial charge in [-0.25, -0.2) is 0 Å².